The van der Waals surface area contributed by atoms with Crippen molar-refractivity contribution in [2.75, 3.05) is 0 Å². The molecule has 58 valence electrons. The van der Waals surface area contributed by atoms with Gasteiger partial charge in [-0.3, -0.25) is 0 Å². The van der Waals surface area contributed by atoms with Gasteiger partial charge in [-0.25, -0.2) is 0 Å². The summed E-state index contributed by atoms with van der Waals surface area (Å²) in [5.74, 6) is 0.483. The average Bonchev–Trinajstić information content (AvgIpc) is 1.82. The maximum Gasteiger partial charge on any atom is 0.129 e. The largest absolute Gasteiger partial charge is 0.402 e. The summed E-state index contributed by atoms with van der Waals surface area (Å²) < 4.78 is 0. The fourth-order valence-corrected chi connectivity index (χ4v) is 0.605. The summed E-state index contributed by atoms with van der Waals surface area (Å²) in [6.07, 6.45) is 1.43. The molecule has 0 aliphatic rings. The summed E-state index contributed by atoms with van der Waals surface area (Å²) in [4.78, 5) is 10.5. The van der Waals surface area contributed by atoms with Crippen LogP contribution in [0.5, 0.6) is 0 Å². The Labute approximate surface area is 62.1 Å². The highest BCUT2D eigenvalue weighted by molar-refractivity contribution is 5.75. The van der Waals surface area contributed by atoms with Crippen LogP contribution >= 0.6 is 0 Å². The maximum atomic E-state index is 10.5. The minimum Gasteiger partial charge on any atom is -0.402 e. The van der Waals surface area contributed by atoms with Crippen molar-refractivity contribution in [3.63, 3.8) is 0 Å². The summed E-state index contributed by atoms with van der Waals surface area (Å²) in [5, 5.41) is 0. The highest BCUT2D eigenvalue weighted by Crippen LogP contribution is 2.09. The van der Waals surface area contributed by atoms with E-state index >= 15 is 0 Å². The molecule has 2 heteroatoms. The molecular formula is C8H15NO. The fraction of sp³-hybridized carbons (Fsp3) is 0.625. The van der Waals surface area contributed by atoms with Crippen molar-refractivity contribution in [1.82, 2.24) is 0 Å². The molecule has 0 bridgehead atoms. The minimum atomic E-state index is 0.216. The number of rotatable bonds is 4. The zero-order valence-corrected chi connectivity index (χ0v) is 6.68. The molecule has 1 atom stereocenters. The van der Waals surface area contributed by atoms with Gasteiger partial charge >= 0.3 is 0 Å². The van der Waals surface area contributed by atoms with Crippen LogP contribution in [-0.4, -0.2) is 5.78 Å². The van der Waals surface area contributed by atoms with Gasteiger partial charge in [0.2, 0.25) is 0 Å². The van der Waals surface area contributed by atoms with Gasteiger partial charge in [0.1, 0.15) is 5.78 Å². The molecule has 0 aliphatic heterocycles. The third kappa shape index (κ3) is 4.13. The van der Waals surface area contributed by atoms with Crippen LogP contribution < -0.4 is 5.73 Å². The average molecular weight is 141 g/mol. The van der Waals surface area contributed by atoms with E-state index in [4.69, 9.17) is 5.73 Å². The molecule has 0 rings (SSSR count). The van der Waals surface area contributed by atoms with Gasteiger partial charge < -0.3 is 10.5 Å². The van der Waals surface area contributed by atoms with E-state index in [-0.39, 0.29) is 11.7 Å². The summed E-state index contributed by atoms with van der Waals surface area (Å²) in [5.41, 5.74) is 6.08. The molecule has 0 aliphatic carbocycles. The minimum absolute atomic E-state index is 0.216. The Morgan fingerprint density at radius 1 is 1.70 bits per heavy atom. The van der Waals surface area contributed by atoms with Gasteiger partial charge in [0.25, 0.3) is 0 Å². The van der Waals surface area contributed by atoms with Crippen LogP contribution in [0, 0.1) is 5.92 Å². The third-order valence-electron chi connectivity index (χ3n) is 1.56. The molecule has 0 aromatic heterocycles. The van der Waals surface area contributed by atoms with Crippen molar-refractivity contribution in [2.45, 2.75) is 26.7 Å². The van der Waals surface area contributed by atoms with Gasteiger partial charge in [-0.15, -0.1) is 0 Å². The van der Waals surface area contributed by atoms with Crippen molar-refractivity contribution < 1.29 is 4.79 Å². The third-order valence-corrected chi connectivity index (χ3v) is 1.56. The lowest BCUT2D eigenvalue weighted by molar-refractivity contribution is -0.117. The van der Waals surface area contributed by atoms with Gasteiger partial charge in [0.05, 0.1) is 0 Å². The smallest absolute Gasteiger partial charge is 0.129 e. The monoisotopic (exact) mass is 141 g/mol. The highest BCUT2D eigenvalue weighted by atomic mass is 16.1. The fourth-order valence-electron chi connectivity index (χ4n) is 0.605. The quantitative estimate of drug-likeness (QED) is 0.644. The van der Waals surface area contributed by atoms with Crippen LogP contribution in [0.15, 0.2) is 12.3 Å². The van der Waals surface area contributed by atoms with E-state index in [1.54, 1.807) is 6.92 Å². The number of hydrogen-bond acceptors (Lipinski definition) is 2. The first kappa shape index (κ1) is 9.21. The predicted molar refractivity (Wildman–Crippen MR) is 42.4 cm³/mol. The molecule has 0 radical (unpaired) electrons. The van der Waals surface area contributed by atoms with E-state index in [1.807, 2.05) is 6.92 Å². The zero-order valence-electron chi connectivity index (χ0n) is 6.68. The molecule has 0 aromatic rings. The normalized spacial score (nSPS) is 12.6. The maximum absolute atomic E-state index is 10.5. The molecule has 0 amide bonds. The summed E-state index contributed by atoms with van der Waals surface area (Å²) in [6, 6.07) is 0. The molecule has 10 heavy (non-hydrogen) atoms. The second-order valence-corrected chi connectivity index (χ2v) is 2.72. The molecule has 0 saturated carbocycles. The first-order valence-corrected chi connectivity index (χ1v) is 3.47. The number of hydrogen-bond donors (Lipinski definition) is 1. The van der Waals surface area contributed by atoms with Crippen LogP contribution in [0.2, 0.25) is 0 Å². The number of carbonyl (C=O) groups excluding carboxylic acids is 1. The first-order chi connectivity index (χ1) is 4.54. The summed E-state index contributed by atoms with van der Waals surface area (Å²) >= 11 is 0. The molecule has 0 unspecified atom stereocenters. The van der Waals surface area contributed by atoms with E-state index in [0.29, 0.717) is 12.1 Å². The van der Waals surface area contributed by atoms with E-state index < -0.39 is 0 Å². The Balaban J connectivity index is 3.49. The van der Waals surface area contributed by atoms with Crippen LogP contribution in [0.1, 0.15) is 26.7 Å². The number of ketones is 1. The van der Waals surface area contributed by atoms with Crippen molar-refractivity contribution in [3.05, 3.63) is 12.3 Å². The second kappa shape index (κ2) is 4.09. The SMILES string of the molecule is C=C(N)[C@@H](C)CCC(C)=O. The predicted octanol–water partition coefficient (Wildman–Crippen LogP) is 1.46. The molecule has 0 aromatic carbocycles. The van der Waals surface area contributed by atoms with Gasteiger partial charge in [-0.2, -0.15) is 0 Å². The van der Waals surface area contributed by atoms with Crippen molar-refractivity contribution >= 4 is 5.78 Å². The molecule has 0 heterocycles. The Morgan fingerprint density at radius 2 is 2.20 bits per heavy atom. The van der Waals surface area contributed by atoms with Crippen molar-refractivity contribution in [3.8, 4) is 0 Å². The zero-order chi connectivity index (χ0) is 8.15. The molecule has 0 spiro atoms. The number of Topliss-reactive ketones (excluding diaryl/α,β-unsaturated/α-hetero) is 1. The van der Waals surface area contributed by atoms with Crippen molar-refractivity contribution in [2.24, 2.45) is 11.7 Å². The van der Waals surface area contributed by atoms with Gasteiger partial charge in [0.15, 0.2) is 0 Å². The summed E-state index contributed by atoms with van der Waals surface area (Å²) in [6.45, 7) is 7.17. The molecule has 2 N–H and O–H groups in total. The topological polar surface area (TPSA) is 43.1 Å². The van der Waals surface area contributed by atoms with Crippen molar-refractivity contribution in [1.29, 1.82) is 0 Å². The molecular weight excluding hydrogens is 126 g/mol. The summed E-state index contributed by atoms with van der Waals surface area (Å²) in [7, 11) is 0. The van der Waals surface area contributed by atoms with E-state index in [9.17, 15) is 4.79 Å². The Kier molecular flexibility index (Phi) is 3.77. The Hall–Kier alpha value is -0.790. The van der Waals surface area contributed by atoms with Gasteiger partial charge in [-0.1, -0.05) is 13.5 Å². The molecule has 2 nitrogen and oxygen atoms in total. The van der Waals surface area contributed by atoms with Gasteiger partial charge in [0, 0.05) is 12.1 Å². The number of allylic oxidation sites excluding steroid dienone is 1. The number of carbonyl (C=O) groups is 1. The van der Waals surface area contributed by atoms with E-state index in [2.05, 4.69) is 6.58 Å². The van der Waals surface area contributed by atoms with Gasteiger partial charge in [-0.05, 0) is 19.3 Å². The Morgan fingerprint density at radius 3 is 2.50 bits per heavy atom. The van der Waals surface area contributed by atoms with E-state index in [0.717, 1.165) is 6.42 Å². The van der Waals surface area contributed by atoms with Crippen LogP contribution in [-0.2, 0) is 4.79 Å². The van der Waals surface area contributed by atoms with E-state index in [1.165, 1.54) is 0 Å². The molecule has 0 fully saturated rings. The van der Waals surface area contributed by atoms with Crippen LogP contribution in [0.3, 0.4) is 0 Å². The lowest BCUT2D eigenvalue weighted by Gasteiger charge is -2.07. The standard InChI is InChI=1S/C8H15NO/c1-6(8(3)9)4-5-7(2)10/h6H,3-5,9H2,1-2H3/t6-/m0/s1. The van der Waals surface area contributed by atoms with Crippen LogP contribution in [0.25, 0.3) is 0 Å². The second-order valence-electron chi connectivity index (χ2n) is 2.72. The number of nitrogens with two attached hydrogens (primary N) is 1. The lowest BCUT2D eigenvalue weighted by Crippen LogP contribution is -2.08. The first-order valence-electron chi connectivity index (χ1n) is 3.47. The highest BCUT2D eigenvalue weighted by Gasteiger charge is 2.03. The Bertz CT molecular complexity index is 140. The lowest BCUT2D eigenvalue weighted by atomic mass is 10.0. The van der Waals surface area contributed by atoms with Crippen LogP contribution in [0.4, 0.5) is 0 Å². The molecule has 0 saturated heterocycles.